The number of nitrogens with zero attached hydrogens (tertiary/aromatic N) is 3. The van der Waals surface area contributed by atoms with Gasteiger partial charge in [0.2, 0.25) is 0 Å². The van der Waals surface area contributed by atoms with Crippen molar-refractivity contribution >= 4 is 5.69 Å². The Morgan fingerprint density at radius 2 is 2.20 bits per heavy atom. The average Bonchev–Trinajstić information content (AvgIpc) is 3.10. The standard InChI is InChI=1S/C15H16N4O/c1-11-8-17-19(10-11)14-5-6-16-9-13(14)18-12(2)15-4-3-7-20-15/h3-10,12,18H,1-2H3. The van der Waals surface area contributed by atoms with E-state index in [4.69, 9.17) is 4.42 Å². The second-order valence-electron chi connectivity index (χ2n) is 4.74. The molecule has 0 saturated carbocycles. The van der Waals surface area contributed by atoms with Crippen molar-refractivity contribution in [3.05, 3.63) is 60.6 Å². The number of aromatic nitrogens is 3. The van der Waals surface area contributed by atoms with Gasteiger partial charge in [-0.1, -0.05) is 0 Å². The van der Waals surface area contributed by atoms with Gasteiger partial charge in [-0.05, 0) is 37.6 Å². The molecule has 0 aliphatic carbocycles. The Hall–Kier alpha value is -2.56. The minimum Gasteiger partial charge on any atom is -0.467 e. The molecule has 20 heavy (non-hydrogen) atoms. The third kappa shape index (κ3) is 2.42. The fourth-order valence-electron chi connectivity index (χ4n) is 2.08. The van der Waals surface area contributed by atoms with Gasteiger partial charge in [-0.2, -0.15) is 5.10 Å². The maximum atomic E-state index is 5.41. The summed E-state index contributed by atoms with van der Waals surface area (Å²) < 4.78 is 7.25. The highest BCUT2D eigenvalue weighted by Crippen LogP contribution is 2.24. The smallest absolute Gasteiger partial charge is 0.125 e. The lowest BCUT2D eigenvalue weighted by molar-refractivity contribution is 0.490. The lowest BCUT2D eigenvalue weighted by atomic mass is 10.2. The molecule has 102 valence electrons. The molecule has 0 bridgehead atoms. The van der Waals surface area contributed by atoms with Crippen molar-refractivity contribution in [2.24, 2.45) is 0 Å². The van der Waals surface area contributed by atoms with Crippen molar-refractivity contribution in [3.8, 4) is 5.69 Å². The zero-order valence-electron chi connectivity index (χ0n) is 11.4. The van der Waals surface area contributed by atoms with Crippen molar-refractivity contribution < 1.29 is 4.42 Å². The summed E-state index contributed by atoms with van der Waals surface area (Å²) in [6.45, 7) is 4.06. The summed E-state index contributed by atoms with van der Waals surface area (Å²) in [4.78, 5) is 4.18. The molecular formula is C15H16N4O. The van der Waals surface area contributed by atoms with Gasteiger partial charge in [-0.15, -0.1) is 0 Å². The van der Waals surface area contributed by atoms with Gasteiger partial charge < -0.3 is 9.73 Å². The highest BCUT2D eigenvalue weighted by molar-refractivity contribution is 5.59. The van der Waals surface area contributed by atoms with E-state index < -0.39 is 0 Å². The molecule has 1 atom stereocenters. The summed E-state index contributed by atoms with van der Waals surface area (Å²) in [5.74, 6) is 0.886. The topological polar surface area (TPSA) is 55.9 Å². The van der Waals surface area contributed by atoms with Crippen LogP contribution in [0, 0.1) is 6.92 Å². The van der Waals surface area contributed by atoms with Crippen molar-refractivity contribution in [1.82, 2.24) is 14.8 Å². The summed E-state index contributed by atoms with van der Waals surface area (Å²) >= 11 is 0. The van der Waals surface area contributed by atoms with Gasteiger partial charge in [0.25, 0.3) is 0 Å². The Morgan fingerprint density at radius 3 is 2.90 bits per heavy atom. The maximum absolute atomic E-state index is 5.41. The number of pyridine rings is 1. The Kier molecular flexibility index (Phi) is 3.25. The van der Waals surface area contributed by atoms with Crippen LogP contribution in [0.25, 0.3) is 5.69 Å². The van der Waals surface area contributed by atoms with Crippen LogP contribution in [0.5, 0.6) is 0 Å². The van der Waals surface area contributed by atoms with E-state index in [0.29, 0.717) is 0 Å². The minimum atomic E-state index is 0.0598. The summed E-state index contributed by atoms with van der Waals surface area (Å²) in [5.41, 5.74) is 3.00. The van der Waals surface area contributed by atoms with E-state index in [1.54, 1.807) is 18.7 Å². The van der Waals surface area contributed by atoms with Crippen molar-refractivity contribution in [1.29, 1.82) is 0 Å². The second-order valence-corrected chi connectivity index (χ2v) is 4.74. The van der Waals surface area contributed by atoms with E-state index in [1.807, 2.05) is 49.1 Å². The first kappa shape index (κ1) is 12.5. The van der Waals surface area contributed by atoms with E-state index in [9.17, 15) is 0 Å². The van der Waals surface area contributed by atoms with Gasteiger partial charge in [0.1, 0.15) is 5.76 Å². The van der Waals surface area contributed by atoms with E-state index >= 15 is 0 Å². The average molecular weight is 268 g/mol. The molecule has 1 unspecified atom stereocenters. The predicted molar refractivity (Wildman–Crippen MR) is 76.8 cm³/mol. The molecule has 0 aliphatic heterocycles. The monoisotopic (exact) mass is 268 g/mol. The van der Waals surface area contributed by atoms with Gasteiger partial charge >= 0.3 is 0 Å². The Labute approximate surface area is 117 Å². The maximum Gasteiger partial charge on any atom is 0.125 e. The molecule has 5 heteroatoms. The normalized spacial score (nSPS) is 12.3. The molecule has 3 aromatic heterocycles. The van der Waals surface area contributed by atoms with E-state index in [0.717, 1.165) is 22.7 Å². The van der Waals surface area contributed by atoms with Gasteiger partial charge in [0, 0.05) is 12.4 Å². The Balaban J connectivity index is 1.90. The summed E-state index contributed by atoms with van der Waals surface area (Å²) in [5, 5.41) is 7.75. The molecular weight excluding hydrogens is 252 g/mol. The third-order valence-electron chi connectivity index (χ3n) is 3.10. The first-order valence-electron chi connectivity index (χ1n) is 6.49. The molecule has 0 aromatic carbocycles. The molecule has 1 N–H and O–H groups in total. The molecule has 3 rings (SSSR count). The fraction of sp³-hybridized carbons (Fsp3) is 0.200. The largest absolute Gasteiger partial charge is 0.467 e. The first-order valence-corrected chi connectivity index (χ1v) is 6.49. The van der Waals surface area contributed by atoms with Crippen LogP contribution < -0.4 is 5.32 Å². The Morgan fingerprint density at radius 1 is 1.30 bits per heavy atom. The number of hydrogen-bond acceptors (Lipinski definition) is 4. The van der Waals surface area contributed by atoms with E-state index in [-0.39, 0.29) is 6.04 Å². The molecule has 0 saturated heterocycles. The molecule has 0 aliphatic rings. The van der Waals surface area contributed by atoms with E-state index in [1.165, 1.54) is 0 Å². The molecule has 5 nitrogen and oxygen atoms in total. The summed E-state index contributed by atoms with van der Waals surface area (Å²) in [6, 6.07) is 5.83. The van der Waals surface area contributed by atoms with Crippen molar-refractivity contribution in [2.75, 3.05) is 5.32 Å². The van der Waals surface area contributed by atoms with Crippen LogP contribution in [0.3, 0.4) is 0 Å². The van der Waals surface area contributed by atoms with Crippen LogP contribution in [-0.4, -0.2) is 14.8 Å². The lowest BCUT2D eigenvalue weighted by Crippen LogP contribution is -2.09. The number of furan rings is 1. The number of hydrogen-bond donors (Lipinski definition) is 1. The molecule has 3 aromatic rings. The van der Waals surface area contributed by atoms with Gasteiger partial charge in [0.05, 0.1) is 36.1 Å². The SMILES string of the molecule is Cc1cnn(-c2ccncc2NC(C)c2ccco2)c1. The lowest BCUT2D eigenvalue weighted by Gasteiger charge is -2.15. The molecule has 3 heterocycles. The first-order chi connectivity index (χ1) is 9.74. The van der Waals surface area contributed by atoms with Gasteiger partial charge in [-0.25, -0.2) is 4.68 Å². The van der Waals surface area contributed by atoms with Gasteiger partial charge in [0.15, 0.2) is 0 Å². The van der Waals surface area contributed by atoms with Gasteiger partial charge in [-0.3, -0.25) is 4.98 Å². The molecule has 0 fully saturated rings. The predicted octanol–water partition coefficient (Wildman–Crippen LogP) is 3.34. The second kappa shape index (κ2) is 5.21. The van der Waals surface area contributed by atoms with Crippen LogP contribution >= 0.6 is 0 Å². The summed E-state index contributed by atoms with van der Waals surface area (Å²) in [6.07, 6.45) is 9.05. The number of aryl methyl sites for hydroxylation is 1. The zero-order valence-corrected chi connectivity index (χ0v) is 11.4. The Bertz CT molecular complexity index is 687. The highest BCUT2D eigenvalue weighted by Gasteiger charge is 2.12. The number of anilines is 1. The molecule has 0 amide bonds. The molecule has 0 spiro atoms. The quantitative estimate of drug-likeness (QED) is 0.788. The van der Waals surface area contributed by atoms with Crippen LogP contribution in [0.4, 0.5) is 5.69 Å². The van der Waals surface area contributed by atoms with Crippen molar-refractivity contribution in [2.45, 2.75) is 19.9 Å². The minimum absolute atomic E-state index is 0.0598. The number of nitrogens with one attached hydrogen (secondary N) is 1. The fourth-order valence-corrected chi connectivity index (χ4v) is 2.08. The molecule has 0 radical (unpaired) electrons. The van der Waals surface area contributed by atoms with E-state index in [2.05, 4.69) is 15.4 Å². The van der Waals surface area contributed by atoms with Crippen LogP contribution in [-0.2, 0) is 0 Å². The van der Waals surface area contributed by atoms with Crippen molar-refractivity contribution in [3.63, 3.8) is 0 Å². The van der Waals surface area contributed by atoms with Crippen LogP contribution in [0.2, 0.25) is 0 Å². The van der Waals surface area contributed by atoms with Crippen LogP contribution in [0.15, 0.2) is 53.7 Å². The summed E-state index contributed by atoms with van der Waals surface area (Å²) in [7, 11) is 0. The highest BCUT2D eigenvalue weighted by atomic mass is 16.3. The van der Waals surface area contributed by atoms with Crippen LogP contribution in [0.1, 0.15) is 24.3 Å². The number of rotatable bonds is 4. The third-order valence-corrected chi connectivity index (χ3v) is 3.10. The zero-order chi connectivity index (χ0) is 13.9.